The second-order valence-electron chi connectivity index (χ2n) is 5.64. The predicted molar refractivity (Wildman–Crippen MR) is 91.4 cm³/mol. The van der Waals surface area contributed by atoms with E-state index in [4.69, 9.17) is 9.47 Å². The Kier molecular flexibility index (Phi) is 9.05. The van der Waals surface area contributed by atoms with Crippen LogP contribution in [0, 0.1) is 11.7 Å². The summed E-state index contributed by atoms with van der Waals surface area (Å²) < 4.78 is 24.0. The lowest BCUT2D eigenvalue weighted by Crippen LogP contribution is -2.37. The van der Waals surface area contributed by atoms with Gasteiger partial charge in [-0.15, -0.1) is 0 Å². The highest BCUT2D eigenvalue weighted by molar-refractivity contribution is 5.79. The summed E-state index contributed by atoms with van der Waals surface area (Å²) in [5.41, 5.74) is 0.825. The standard InChI is InChI=1S/C17H28FN3O2/c1-13(2)12-23-9-5-8-20-17(19-3)21-11-14-6-7-16(22-4)15(18)10-14/h6-7,10,13H,5,8-9,11-12H2,1-4H3,(H2,19,20,21). The number of benzene rings is 1. The number of methoxy groups -OCH3 is 1. The van der Waals surface area contributed by atoms with Crippen LogP contribution < -0.4 is 15.4 Å². The maximum Gasteiger partial charge on any atom is 0.191 e. The first kappa shape index (κ1) is 19.2. The molecular formula is C17H28FN3O2. The first-order valence-corrected chi connectivity index (χ1v) is 7.91. The fourth-order valence-electron chi connectivity index (χ4n) is 1.93. The van der Waals surface area contributed by atoms with Crippen molar-refractivity contribution in [3.05, 3.63) is 29.6 Å². The van der Waals surface area contributed by atoms with E-state index in [9.17, 15) is 4.39 Å². The summed E-state index contributed by atoms with van der Waals surface area (Å²) in [7, 11) is 3.16. The second-order valence-corrected chi connectivity index (χ2v) is 5.64. The van der Waals surface area contributed by atoms with Gasteiger partial charge in [-0.1, -0.05) is 19.9 Å². The van der Waals surface area contributed by atoms with E-state index in [1.54, 1.807) is 13.1 Å². The summed E-state index contributed by atoms with van der Waals surface area (Å²) in [6.07, 6.45) is 0.907. The zero-order valence-electron chi connectivity index (χ0n) is 14.5. The van der Waals surface area contributed by atoms with E-state index in [0.29, 0.717) is 18.4 Å². The van der Waals surface area contributed by atoms with E-state index in [-0.39, 0.29) is 11.6 Å². The lowest BCUT2D eigenvalue weighted by atomic mass is 10.2. The van der Waals surface area contributed by atoms with Gasteiger partial charge in [0.1, 0.15) is 0 Å². The van der Waals surface area contributed by atoms with Crippen LogP contribution in [-0.2, 0) is 11.3 Å². The molecule has 0 bridgehead atoms. The SMILES string of the molecule is CN=C(NCCCOCC(C)C)NCc1ccc(OC)c(F)c1. The van der Waals surface area contributed by atoms with Gasteiger partial charge in [0.05, 0.1) is 7.11 Å². The molecule has 0 atom stereocenters. The fraction of sp³-hybridized carbons (Fsp3) is 0.588. The molecule has 0 aromatic heterocycles. The van der Waals surface area contributed by atoms with Crippen molar-refractivity contribution in [3.63, 3.8) is 0 Å². The maximum atomic E-state index is 13.6. The number of nitrogens with one attached hydrogen (secondary N) is 2. The van der Waals surface area contributed by atoms with E-state index in [2.05, 4.69) is 29.5 Å². The zero-order chi connectivity index (χ0) is 17.1. The molecule has 1 aromatic carbocycles. The second kappa shape index (κ2) is 10.8. The molecule has 1 rings (SSSR count). The summed E-state index contributed by atoms with van der Waals surface area (Å²) in [4.78, 5) is 4.14. The summed E-state index contributed by atoms with van der Waals surface area (Å²) >= 11 is 0. The average Bonchev–Trinajstić information content (AvgIpc) is 2.53. The van der Waals surface area contributed by atoms with Crippen molar-refractivity contribution in [3.8, 4) is 5.75 Å². The number of aliphatic imine (C=N–C) groups is 1. The molecule has 1 aromatic rings. The zero-order valence-corrected chi connectivity index (χ0v) is 14.5. The highest BCUT2D eigenvalue weighted by Crippen LogP contribution is 2.17. The molecule has 0 saturated heterocycles. The number of hydrogen-bond acceptors (Lipinski definition) is 3. The molecule has 6 heteroatoms. The molecule has 0 aliphatic carbocycles. The first-order chi connectivity index (χ1) is 11.1. The van der Waals surface area contributed by atoms with Crippen LogP contribution in [0.2, 0.25) is 0 Å². The molecule has 0 aliphatic rings. The van der Waals surface area contributed by atoms with Gasteiger partial charge in [0.15, 0.2) is 17.5 Å². The van der Waals surface area contributed by atoms with E-state index < -0.39 is 0 Å². The average molecular weight is 325 g/mol. The molecule has 0 radical (unpaired) electrons. The molecule has 0 heterocycles. The molecule has 0 aliphatic heterocycles. The van der Waals surface area contributed by atoms with Crippen molar-refractivity contribution in [2.75, 3.05) is 33.9 Å². The van der Waals surface area contributed by atoms with Crippen molar-refractivity contribution in [2.24, 2.45) is 10.9 Å². The van der Waals surface area contributed by atoms with Gasteiger partial charge in [-0.05, 0) is 30.0 Å². The third kappa shape index (κ3) is 7.83. The largest absolute Gasteiger partial charge is 0.494 e. The van der Waals surface area contributed by atoms with Crippen molar-refractivity contribution in [1.29, 1.82) is 0 Å². The van der Waals surface area contributed by atoms with Gasteiger partial charge in [0.25, 0.3) is 0 Å². The third-order valence-corrected chi connectivity index (χ3v) is 3.11. The van der Waals surface area contributed by atoms with Crippen LogP contribution in [0.5, 0.6) is 5.75 Å². The molecule has 5 nitrogen and oxygen atoms in total. The van der Waals surface area contributed by atoms with Crippen molar-refractivity contribution < 1.29 is 13.9 Å². The Morgan fingerprint density at radius 2 is 2.09 bits per heavy atom. The topological polar surface area (TPSA) is 54.9 Å². The van der Waals surface area contributed by atoms with Crippen molar-refractivity contribution in [1.82, 2.24) is 10.6 Å². The molecule has 0 amide bonds. The van der Waals surface area contributed by atoms with E-state index in [1.807, 2.05) is 6.07 Å². The van der Waals surface area contributed by atoms with Gasteiger partial charge >= 0.3 is 0 Å². The van der Waals surface area contributed by atoms with Gasteiger partial charge in [-0.25, -0.2) is 4.39 Å². The molecule has 2 N–H and O–H groups in total. The molecule has 0 unspecified atom stereocenters. The number of guanidine groups is 1. The van der Waals surface area contributed by atoms with Crippen LogP contribution in [0.1, 0.15) is 25.8 Å². The third-order valence-electron chi connectivity index (χ3n) is 3.11. The number of rotatable bonds is 9. The van der Waals surface area contributed by atoms with Gasteiger partial charge < -0.3 is 20.1 Å². The Balaban J connectivity index is 2.27. The van der Waals surface area contributed by atoms with Crippen LogP contribution in [0.15, 0.2) is 23.2 Å². The predicted octanol–water partition coefficient (Wildman–Crippen LogP) is 2.56. The van der Waals surface area contributed by atoms with Crippen LogP contribution in [0.25, 0.3) is 0 Å². The molecule has 0 saturated carbocycles. The van der Waals surface area contributed by atoms with E-state index >= 15 is 0 Å². The minimum Gasteiger partial charge on any atom is -0.494 e. The maximum absolute atomic E-state index is 13.6. The lowest BCUT2D eigenvalue weighted by molar-refractivity contribution is 0.108. The Labute approximate surface area is 138 Å². The van der Waals surface area contributed by atoms with Crippen LogP contribution in [0.3, 0.4) is 0 Å². The van der Waals surface area contributed by atoms with E-state index in [1.165, 1.54) is 13.2 Å². The Hall–Kier alpha value is -1.82. The summed E-state index contributed by atoms with van der Waals surface area (Å²) in [6, 6.07) is 4.90. The van der Waals surface area contributed by atoms with Crippen LogP contribution in [-0.4, -0.2) is 39.9 Å². The van der Waals surface area contributed by atoms with Gasteiger partial charge in [-0.3, -0.25) is 4.99 Å². The number of nitrogens with zero attached hydrogens (tertiary/aromatic N) is 1. The number of halogens is 1. The van der Waals surface area contributed by atoms with Crippen molar-refractivity contribution in [2.45, 2.75) is 26.8 Å². The minimum atomic E-state index is -0.364. The molecule has 0 fully saturated rings. The number of ether oxygens (including phenoxy) is 2. The highest BCUT2D eigenvalue weighted by atomic mass is 19.1. The molecule has 130 valence electrons. The summed E-state index contributed by atoms with van der Waals surface area (Å²) in [6.45, 7) is 7.04. The summed E-state index contributed by atoms with van der Waals surface area (Å²) in [5, 5.41) is 6.36. The molecule has 23 heavy (non-hydrogen) atoms. The molecule has 0 spiro atoms. The van der Waals surface area contributed by atoms with Crippen LogP contribution in [0.4, 0.5) is 4.39 Å². The Bertz CT molecular complexity index is 493. The lowest BCUT2D eigenvalue weighted by Gasteiger charge is -2.13. The summed E-state index contributed by atoms with van der Waals surface area (Å²) in [5.74, 6) is 1.13. The van der Waals surface area contributed by atoms with E-state index in [0.717, 1.165) is 31.7 Å². The Morgan fingerprint density at radius 1 is 1.30 bits per heavy atom. The minimum absolute atomic E-state index is 0.248. The monoisotopic (exact) mass is 325 g/mol. The van der Waals surface area contributed by atoms with Crippen LogP contribution >= 0.6 is 0 Å². The normalized spacial score (nSPS) is 11.7. The molecular weight excluding hydrogens is 297 g/mol. The van der Waals surface area contributed by atoms with Gasteiger partial charge in [0, 0.05) is 33.4 Å². The number of hydrogen-bond donors (Lipinski definition) is 2. The highest BCUT2D eigenvalue weighted by Gasteiger charge is 2.04. The van der Waals surface area contributed by atoms with Gasteiger partial charge in [0.2, 0.25) is 0 Å². The quantitative estimate of drug-likeness (QED) is 0.416. The van der Waals surface area contributed by atoms with Crippen molar-refractivity contribution >= 4 is 5.96 Å². The first-order valence-electron chi connectivity index (χ1n) is 7.91. The fourth-order valence-corrected chi connectivity index (χ4v) is 1.93. The Morgan fingerprint density at radius 3 is 2.70 bits per heavy atom. The smallest absolute Gasteiger partial charge is 0.191 e. The van der Waals surface area contributed by atoms with Gasteiger partial charge in [-0.2, -0.15) is 0 Å².